The third-order valence-electron chi connectivity index (χ3n) is 6.48. The minimum Gasteiger partial charge on any atom is -0.340 e. The zero-order valence-corrected chi connectivity index (χ0v) is 18.0. The van der Waals surface area contributed by atoms with E-state index in [1.165, 1.54) is 5.56 Å². The molecule has 2 aliphatic rings. The molecule has 1 fully saturated rings. The van der Waals surface area contributed by atoms with E-state index < -0.39 is 0 Å². The van der Waals surface area contributed by atoms with Gasteiger partial charge < -0.3 is 9.80 Å². The Morgan fingerprint density at radius 2 is 1.63 bits per heavy atom. The smallest absolute Gasteiger partial charge is 0.241 e. The maximum Gasteiger partial charge on any atom is 0.241 e. The molecular weight excluding hydrogens is 374 g/mol. The standard InChI is InChI=1S/C25H31N3O2/c1-19-7-3-4-9-22(19)17-24(29)27-15-13-26(14-16-27)18-25(30)28-20(2)11-12-21-8-5-6-10-23(21)28/h3-10,20H,11-18H2,1-2H3. The van der Waals surface area contributed by atoms with Crippen LogP contribution in [0.5, 0.6) is 0 Å². The number of nitrogens with zero attached hydrogens (tertiary/aromatic N) is 3. The highest BCUT2D eigenvalue weighted by atomic mass is 16.2. The number of anilines is 1. The zero-order chi connectivity index (χ0) is 21.1. The summed E-state index contributed by atoms with van der Waals surface area (Å²) in [6, 6.07) is 16.5. The van der Waals surface area contributed by atoms with Crippen LogP contribution in [-0.4, -0.2) is 60.4 Å². The number of carbonyl (C=O) groups is 2. The van der Waals surface area contributed by atoms with Crippen molar-refractivity contribution < 1.29 is 9.59 Å². The molecule has 1 saturated heterocycles. The Kier molecular flexibility index (Phi) is 6.18. The van der Waals surface area contributed by atoms with Gasteiger partial charge in [-0.2, -0.15) is 0 Å². The molecule has 0 bridgehead atoms. The normalized spacial score (nSPS) is 19.5. The molecule has 2 aromatic carbocycles. The molecule has 2 amide bonds. The molecule has 0 spiro atoms. The second kappa shape index (κ2) is 9.00. The molecule has 0 aromatic heterocycles. The van der Waals surface area contributed by atoms with E-state index in [-0.39, 0.29) is 17.9 Å². The van der Waals surface area contributed by atoms with Gasteiger partial charge in [-0.1, -0.05) is 42.5 Å². The lowest BCUT2D eigenvalue weighted by Crippen LogP contribution is -2.53. The Hall–Kier alpha value is -2.66. The number of benzene rings is 2. The molecule has 1 unspecified atom stereocenters. The van der Waals surface area contributed by atoms with Gasteiger partial charge in [0.2, 0.25) is 11.8 Å². The van der Waals surface area contributed by atoms with Gasteiger partial charge in [0.1, 0.15) is 0 Å². The fourth-order valence-electron chi connectivity index (χ4n) is 4.57. The van der Waals surface area contributed by atoms with Crippen LogP contribution >= 0.6 is 0 Å². The van der Waals surface area contributed by atoms with Crippen molar-refractivity contribution >= 4 is 17.5 Å². The third-order valence-corrected chi connectivity index (χ3v) is 6.48. The summed E-state index contributed by atoms with van der Waals surface area (Å²) < 4.78 is 0. The molecule has 5 heteroatoms. The van der Waals surface area contributed by atoms with Gasteiger partial charge in [-0.3, -0.25) is 14.5 Å². The Morgan fingerprint density at radius 1 is 0.933 bits per heavy atom. The van der Waals surface area contributed by atoms with Crippen molar-refractivity contribution in [3.05, 3.63) is 65.2 Å². The lowest BCUT2D eigenvalue weighted by Gasteiger charge is -2.39. The molecule has 0 saturated carbocycles. The maximum atomic E-state index is 13.1. The van der Waals surface area contributed by atoms with Gasteiger partial charge in [0.15, 0.2) is 0 Å². The van der Waals surface area contributed by atoms with E-state index in [1.807, 2.05) is 53.1 Å². The van der Waals surface area contributed by atoms with E-state index in [2.05, 4.69) is 24.0 Å². The number of hydrogen-bond donors (Lipinski definition) is 0. The summed E-state index contributed by atoms with van der Waals surface area (Å²) in [5, 5.41) is 0. The molecule has 1 atom stereocenters. The number of hydrogen-bond acceptors (Lipinski definition) is 3. The first-order valence-electron chi connectivity index (χ1n) is 11.0. The van der Waals surface area contributed by atoms with Crippen LogP contribution in [0.15, 0.2) is 48.5 Å². The summed E-state index contributed by atoms with van der Waals surface area (Å²) in [7, 11) is 0. The Balaban J connectivity index is 1.32. The number of piperazine rings is 1. The first-order valence-corrected chi connectivity index (χ1v) is 11.0. The molecule has 30 heavy (non-hydrogen) atoms. The largest absolute Gasteiger partial charge is 0.340 e. The second-order valence-electron chi connectivity index (χ2n) is 8.54. The van der Waals surface area contributed by atoms with Gasteiger partial charge in [-0.25, -0.2) is 0 Å². The van der Waals surface area contributed by atoms with E-state index >= 15 is 0 Å². The number of para-hydroxylation sites is 1. The van der Waals surface area contributed by atoms with Gasteiger partial charge in [-0.15, -0.1) is 0 Å². The van der Waals surface area contributed by atoms with E-state index in [1.54, 1.807) is 0 Å². The lowest BCUT2D eigenvalue weighted by molar-refractivity contribution is -0.132. The van der Waals surface area contributed by atoms with E-state index in [0.29, 0.717) is 26.1 Å². The summed E-state index contributed by atoms with van der Waals surface area (Å²) in [4.78, 5) is 31.9. The first-order chi connectivity index (χ1) is 14.5. The molecule has 158 valence electrons. The minimum atomic E-state index is 0.161. The number of rotatable bonds is 4. The summed E-state index contributed by atoms with van der Waals surface area (Å²) in [5.41, 5.74) is 4.58. The topological polar surface area (TPSA) is 43.9 Å². The van der Waals surface area contributed by atoms with Crippen LogP contribution in [0.4, 0.5) is 5.69 Å². The van der Waals surface area contributed by atoms with Crippen molar-refractivity contribution in [3.8, 4) is 0 Å². The van der Waals surface area contributed by atoms with Gasteiger partial charge in [0.05, 0.1) is 13.0 Å². The van der Waals surface area contributed by atoms with Gasteiger partial charge in [0, 0.05) is 37.9 Å². The van der Waals surface area contributed by atoms with Crippen LogP contribution in [0.1, 0.15) is 30.0 Å². The SMILES string of the molecule is Cc1ccccc1CC(=O)N1CCN(CC(=O)N2c3ccccc3CCC2C)CC1. The molecule has 0 aliphatic carbocycles. The van der Waals surface area contributed by atoms with Gasteiger partial charge in [0.25, 0.3) is 0 Å². The molecule has 2 heterocycles. The van der Waals surface area contributed by atoms with Crippen LogP contribution in [0, 0.1) is 6.92 Å². The highest BCUT2D eigenvalue weighted by Crippen LogP contribution is 2.30. The van der Waals surface area contributed by atoms with Crippen LogP contribution in [0.25, 0.3) is 0 Å². The summed E-state index contributed by atoms with van der Waals surface area (Å²) in [6.45, 7) is 7.46. The number of aryl methyl sites for hydroxylation is 2. The predicted octanol–water partition coefficient (Wildman–Crippen LogP) is 3.05. The molecule has 0 N–H and O–H groups in total. The zero-order valence-electron chi connectivity index (χ0n) is 18.0. The highest BCUT2D eigenvalue weighted by molar-refractivity contribution is 5.96. The van der Waals surface area contributed by atoms with Crippen LogP contribution in [0.3, 0.4) is 0 Å². The van der Waals surface area contributed by atoms with Crippen molar-refractivity contribution in [2.45, 2.75) is 39.2 Å². The average molecular weight is 406 g/mol. The van der Waals surface area contributed by atoms with Crippen LogP contribution in [-0.2, 0) is 22.4 Å². The first kappa shape index (κ1) is 20.6. The second-order valence-corrected chi connectivity index (χ2v) is 8.54. The summed E-state index contributed by atoms with van der Waals surface area (Å²) in [5.74, 6) is 0.336. The lowest BCUT2D eigenvalue weighted by atomic mass is 9.96. The van der Waals surface area contributed by atoms with Crippen molar-refractivity contribution in [3.63, 3.8) is 0 Å². The van der Waals surface area contributed by atoms with E-state index in [4.69, 9.17) is 0 Å². The molecule has 4 rings (SSSR count). The Morgan fingerprint density at radius 3 is 2.40 bits per heavy atom. The van der Waals surface area contributed by atoms with Crippen molar-refractivity contribution in [2.75, 3.05) is 37.6 Å². The quantitative estimate of drug-likeness (QED) is 0.785. The Labute approximate surface area is 179 Å². The van der Waals surface area contributed by atoms with E-state index in [9.17, 15) is 9.59 Å². The summed E-state index contributed by atoms with van der Waals surface area (Å²) >= 11 is 0. The third kappa shape index (κ3) is 4.41. The monoisotopic (exact) mass is 405 g/mol. The van der Waals surface area contributed by atoms with Crippen LogP contribution < -0.4 is 4.90 Å². The average Bonchev–Trinajstić information content (AvgIpc) is 2.75. The van der Waals surface area contributed by atoms with Gasteiger partial charge in [-0.05, 0) is 49.4 Å². The molecule has 5 nitrogen and oxygen atoms in total. The van der Waals surface area contributed by atoms with Crippen LogP contribution in [0.2, 0.25) is 0 Å². The fourth-order valence-corrected chi connectivity index (χ4v) is 4.57. The molecule has 0 radical (unpaired) electrons. The van der Waals surface area contributed by atoms with Crippen molar-refractivity contribution in [1.82, 2.24) is 9.80 Å². The van der Waals surface area contributed by atoms with Crippen molar-refractivity contribution in [1.29, 1.82) is 0 Å². The molecule has 2 aliphatic heterocycles. The van der Waals surface area contributed by atoms with Gasteiger partial charge >= 0.3 is 0 Å². The maximum absolute atomic E-state index is 13.1. The molecular formula is C25H31N3O2. The van der Waals surface area contributed by atoms with E-state index in [0.717, 1.165) is 42.7 Å². The van der Waals surface area contributed by atoms with Crippen molar-refractivity contribution in [2.24, 2.45) is 0 Å². The summed E-state index contributed by atoms with van der Waals surface area (Å²) in [6.07, 6.45) is 2.49. The predicted molar refractivity (Wildman–Crippen MR) is 120 cm³/mol. The number of carbonyl (C=O) groups excluding carboxylic acids is 2. The molecule has 2 aromatic rings. The minimum absolute atomic E-state index is 0.161. The Bertz CT molecular complexity index is 918. The fraction of sp³-hybridized carbons (Fsp3) is 0.440. The number of amides is 2. The number of fused-ring (bicyclic) bond motifs is 1. The highest BCUT2D eigenvalue weighted by Gasteiger charge is 2.30.